The van der Waals surface area contributed by atoms with Crippen LogP contribution >= 0.6 is 0 Å². The Balaban J connectivity index is 1.66. The van der Waals surface area contributed by atoms with Gasteiger partial charge in [-0.2, -0.15) is 0 Å². The molecule has 2 fully saturated rings. The van der Waals surface area contributed by atoms with Crippen molar-refractivity contribution in [1.82, 2.24) is 4.90 Å². The minimum atomic E-state index is -0.627. The van der Waals surface area contributed by atoms with Crippen LogP contribution in [0.4, 0.5) is 0 Å². The van der Waals surface area contributed by atoms with Crippen LogP contribution in [0.25, 0.3) is 0 Å². The van der Waals surface area contributed by atoms with Crippen molar-refractivity contribution < 1.29 is 9.90 Å². The molecule has 0 amide bonds. The first-order valence-corrected chi connectivity index (χ1v) is 6.74. The average Bonchev–Trinajstić information content (AvgIpc) is 2.87. The zero-order valence-electron chi connectivity index (χ0n) is 10.0. The van der Waals surface area contributed by atoms with Gasteiger partial charge in [0, 0.05) is 0 Å². The Labute approximate surface area is 97.8 Å². The smallest absolute Gasteiger partial charge is 0.320 e. The third kappa shape index (κ3) is 2.97. The van der Waals surface area contributed by atoms with Crippen molar-refractivity contribution in [1.29, 1.82) is 0 Å². The van der Waals surface area contributed by atoms with Crippen LogP contribution in [0.1, 0.15) is 51.4 Å². The Kier molecular flexibility index (Phi) is 4.22. The molecule has 1 aliphatic heterocycles. The van der Waals surface area contributed by atoms with Crippen molar-refractivity contribution in [2.24, 2.45) is 5.92 Å². The first-order valence-electron chi connectivity index (χ1n) is 6.74. The SMILES string of the molecule is O=C(O)[C@H]1CCCN1CCCC1CCCC1. The molecule has 0 bridgehead atoms. The second-order valence-electron chi connectivity index (χ2n) is 5.32. The molecule has 0 aromatic heterocycles. The van der Waals surface area contributed by atoms with Crippen LogP contribution in [0.3, 0.4) is 0 Å². The molecule has 1 saturated carbocycles. The summed E-state index contributed by atoms with van der Waals surface area (Å²) < 4.78 is 0. The maximum absolute atomic E-state index is 11.0. The van der Waals surface area contributed by atoms with Gasteiger partial charge in [0.05, 0.1) is 0 Å². The Morgan fingerprint density at radius 3 is 2.62 bits per heavy atom. The quantitative estimate of drug-likeness (QED) is 0.781. The van der Waals surface area contributed by atoms with E-state index in [0.29, 0.717) is 0 Å². The van der Waals surface area contributed by atoms with E-state index in [1.807, 2.05) is 0 Å². The van der Waals surface area contributed by atoms with Gasteiger partial charge in [0.2, 0.25) is 0 Å². The Morgan fingerprint density at radius 2 is 1.94 bits per heavy atom. The monoisotopic (exact) mass is 225 g/mol. The minimum Gasteiger partial charge on any atom is -0.480 e. The van der Waals surface area contributed by atoms with Gasteiger partial charge in [0.25, 0.3) is 0 Å². The van der Waals surface area contributed by atoms with Gasteiger partial charge in [-0.25, -0.2) is 0 Å². The summed E-state index contributed by atoms with van der Waals surface area (Å²) in [6.45, 7) is 1.98. The molecule has 1 saturated heterocycles. The fraction of sp³-hybridized carbons (Fsp3) is 0.923. The maximum atomic E-state index is 11.0. The third-order valence-corrected chi connectivity index (χ3v) is 4.18. The molecule has 3 nitrogen and oxygen atoms in total. The summed E-state index contributed by atoms with van der Waals surface area (Å²) >= 11 is 0. The van der Waals surface area contributed by atoms with Crippen LogP contribution in [0.15, 0.2) is 0 Å². The summed E-state index contributed by atoms with van der Waals surface area (Å²) in [5.41, 5.74) is 0. The van der Waals surface area contributed by atoms with Gasteiger partial charge in [-0.1, -0.05) is 25.7 Å². The van der Waals surface area contributed by atoms with Crippen molar-refractivity contribution in [2.75, 3.05) is 13.1 Å². The van der Waals surface area contributed by atoms with E-state index in [1.165, 1.54) is 38.5 Å². The molecule has 2 aliphatic rings. The van der Waals surface area contributed by atoms with Gasteiger partial charge < -0.3 is 5.11 Å². The van der Waals surface area contributed by atoms with Crippen LogP contribution in [0.2, 0.25) is 0 Å². The van der Waals surface area contributed by atoms with E-state index in [0.717, 1.165) is 31.8 Å². The first-order chi connectivity index (χ1) is 7.77. The predicted octanol–water partition coefficient (Wildman–Crippen LogP) is 2.51. The maximum Gasteiger partial charge on any atom is 0.320 e. The molecule has 1 N–H and O–H groups in total. The van der Waals surface area contributed by atoms with Crippen molar-refractivity contribution in [2.45, 2.75) is 57.4 Å². The molecule has 1 heterocycles. The summed E-state index contributed by atoms with van der Waals surface area (Å²) in [5, 5.41) is 9.05. The molecule has 2 rings (SSSR count). The fourth-order valence-corrected chi connectivity index (χ4v) is 3.26. The summed E-state index contributed by atoms with van der Waals surface area (Å²) in [5.74, 6) is 0.309. The number of carbonyl (C=O) groups is 1. The standard InChI is InChI=1S/C13H23NO2/c15-13(16)12-8-4-10-14(12)9-3-7-11-5-1-2-6-11/h11-12H,1-10H2,(H,15,16)/t12-/m1/s1. The van der Waals surface area contributed by atoms with Gasteiger partial charge >= 0.3 is 5.97 Å². The predicted molar refractivity (Wildman–Crippen MR) is 63.4 cm³/mol. The highest BCUT2D eigenvalue weighted by Gasteiger charge is 2.29. The van der Waals surface area contributed by atoms with Crippen molar-refractivity contribution in [3.05, 3.63) is 0 Å². The number of hydrogen-bond acceptors (Lipinski definition) is 2. The van der Waals surface area contributed by atoms with Gasteiger partial charge in [0.15, 0.2) is 0 Å². The van der Waals surface area contributed by atoms with E-state index in [4.69, 9.17) is 5.11 Å². The summed E-state index contributed by atoms with van der Waals surface area (Å²) in [6.07, 6.45) is 10.0. The molecular formula is C13H23NO2. The summed E-state index contributed by atoms with van der Waals surface area (Å²) in [7, 11) is 0. The van der Waals surface area contributed by atoms with Gasteiger partial charge in [0.1, 0.15) is 6.04 Å². The van der Waals surface area contributed by atoms with Gasteiger partial charge in [-0.3, -0.25) is 9.69 Å². The highest BCUT2D eigenvalue weighted by atomic mass is 16.4. The van der Waals surface area contributed by atoms with Crippen LogP contribution in [0, 0.1) is 5.92 Å². The van der Waals surface area contributed by atoms with Crippen molar-refractivity contribution >= 4 is 5.97 Å². The lowest BCUT2D eigenvalue weighted by Crippen LogP contribution is -2.36. The molecule has 1 aliphatic carbocycles. The van der Waals surface area contributed by atoms with Crippen LogP contribution in [-0.2, 0) is 4.79 Å². The molecule has 3 heteroatoms. The molecule has 92 valence electrons. The van der Waals surface area contributed by atoms with E-state index < -0.39 is 5.97 Å². The lowest BCUT2D eigenvalue weighted by Gasteiger charge is -2.21. The average molecular weight is 225 g/mol. The zero-order valence-corrected chi connectivity index (χ0v) is 10.0. The highest BCUT2D eigenvalue weighted by molar-refractivity contribution is 5.73. The number of carboxylic acids is 1. The van der Waals surface area contributed by atoms with Crippen molar-refractivity contribution in [3.63, 3.8) is 0 Å². The number of hydrogen-bond donors (Lipinski definition) is 1. The summed E-state index contributed by atoms with van der Waals surface area (Å²) in [6, 6.07) is -0.191. The molecule has 1 atom stereocenters. The second kappa shape index (κ2) is 5.67. The molecule has 0 aromatic rings. The third-order valence-electron chi connectivity index (χ3n) is 4.18. The number of aliphatic carboxylic acids is 1. The van der Waals surface area contributed by atoms with E-state index in [-0.39, 0.29) is 6.04 Å². The van der Waals surface area contributed by atoms with Crippen LogP contribution in [-0.4, -0.2) is 35.1 Å². The highest BCUT2D eigenvalue weighted by Crippen LogP contribution is 2.29. The van der Waals surface area contributed by atoms with E-state index >= 15 is 0 Å². The largest absolute Gasteiger partial charge is 0.480 e. The topological polar surface area (TPSA) is 40.5 Å². The number of likely N-dealkylation sites (tertiary alicyclic amines) is 1. The number of nitrogens with zero attached hydrogens (tertiary/aromatic N) is 1. The molecule has 16 heavy (non-hydrogen) atoms. The molecule has 0 aromatic carbocycles. The normalized spacial score (nSPS) is 27.6. The van der Waals surface area contributed by atoms with Gasteiger partial charge in [-0.05, 0) is 44.7 Å². The van der Waals surface area contributed by atoms with E-state index in [2.05, 4.69) is 4.90 Å². The minimum absolute atomic E-state index is 0.191. The zero-order chi connectivity index (χ0) is 11.4. The number of carboxylic acid groups (broad SMARTS) is 1. The Bertz CT molecular complexity index is 236. The van der Waals surface area contributed by atoms with E-state index in [1.54, 1.807) is 0 Å². The molecular weight excluding hydrogens is 202 g/mol. The lowest BCUT2D eigenvalue weighted by atomic mass is 10.0. The van der Waals surface area contributed by atoms with E-state index in [9.17, 15) is 4.79 Å². The molecule has 0 unspecified atom stereocenters. The van der Waals surface area contributed by atoms with Gasteiger partial charge in [-0.15, -0.1) is 0 Å². The molecule has 0 spiro atoms. The number of rotatable bonds is 5. The Hall–Kier alpha value is -0.570. The lowest BCUT2D eigenvalue weighted by molar-refractivity contribution is -0.142. The summed E-state index contributed by atoms with van der Waals surface area (Å²) in [4.78, 5) is 13.2. The first kappa shape index (κ1) is 11.9. The molecule has 0 radical (unpaired) electrons. The van der Waals surface area contributed by atoms with Crippen LogP contribution < -0.4 is 0 Å². The van der Waals surface area contributed by atoms with Crippen LogP contribution in [0.5, 0.6) is 0 Å². The Morgan fingerprint density at radius 1 is 1.19 bits per heavy atom. The fourth-order valence-electron chi connectivity index (χ4n) is 3.26. The second-order valence-corrected chi connectivity index (χ2v) is 5.32. The van der Waals surface area contributed by atoms with Crippen molar-refractivity contribution in [3.8, 4) is 0 Å².